The molecule has 0 saturated carbocycles. The van der Waals surface area contributed by atoms with Crippen LogP contribution in [0.25, 0.3) is 0 Å². The number of pyridine rings is 1. The highest BCUT2D eigenvalue weighted by Crippen LogP contribution is 2.17. The first kappa shape index (κ1) is 15.6. The highest BCUT2D eigenvalue weighted by Gasteiger charge is 2.04. The van der Waals surface area contributed by atoms with Crippen LogP contribution in [0.4, 0.5) is 4.39 Å². The average Bonchev–Trinajstić information content (AvgIpc) is 2.47. The molecule has 2 nitrogen and oxygen atoms in total. The lowest BCUT2D eigenvalue weighted by Crippen LogP contribution is -1.99. The summed E-state index contributed by atoms with van der Waals surface area (Å²) >= 11 is 11.3. The van der Waals surface area contributed by atoms with Gasteiger partial charge in [0.05, 0.1) is 6.20 Å². The summed E-state index contributed by atoms with van der Waals surface area (Å²) in [5.41, 5.74) is 1.16. The van der Waals surface area contributed by atoms with Gasteiger partial charge in [0.2, 0.25) is 0 Å². The zero-order chi connectivity index (χ0) is 15.1. The van der Waals surface area contributed by atoms with Crippen molar-refractivity contribution in [2.75, 3.05) is 5.88 Å². The molecule has 1 aromatic carbocycles. The summed E-state index contributed by atoms with van der Waals surface area (Å²) in [6, 6.07) is 6.22. The normalized spacial score (nSPS) is 9.86. The second kappa shape index (κ2) is 7.87. The first-order valence-corrected chi connectivity index (χ1v) is 7.17. The number of rotatable bonds is 4. The smallest absolute Gasteiger partial charge is 0.139 e. The van der Waals surface area contributed by atoms with Gasteiger partial charge in [0, 0.05) is 34.6 Å². The molecule has 0 amide bonds. The van der Waals surface area contributed by atoms with Gasteiger partial charge in [-0.15, -0.1) is 11.6 Å². The van der Waals surface area contributed by atoms with Gasteiger partial charge in [0.15, 0.2) is 0 Å². The molecule has 0 unspecified atom stereocenters. The number of hydrogen-bond acceptors (Lipinski definition) is 2. The van der Waals surface area contributed by atoms with Crippen molar-refractivity contribution >= 4 is 23.2 Å². The number of aromatic nitrogens is 1. The number of ether oxygens (including phenoxy) is 1. The van der Waals surface area contributed by atoms with E-state index in [2.05, 4.69) is 16.8 Å². The Kier molecular flexibility index (Phi) is 5.86. The van der Waals surface area contributed by atoms with Crippen LogP contribution in [0.3, 0.4) is 0 Å². The second-order valence-corrected chi connectivity index (χ2v) is 4.99. The molecule has 5 heteroatoms. The Morgan fingerprint density at radius 1 is 1.24 bits per heavy atom. The lowest BCUT2D eigenvalue weighted by molar-refractivity contribution is 0.298. The van der Waals surface area contributed by atoms with E-state index in [-0.39, 0.29) is 6.61 Å². The van der Waals surface area contributed by atoms with Crippen LogP contribution in [0.1, 0.15) is 17.5 Å². The first-order valence-electron chi connectivity index (χ1n) is 6.25. The van der Waals surface area contributed by atoms with Gasteiger partial charge >= 0.3 is 0 Å². The zero-order valence-corrected chi connectivity index (χ0v) is 12.6. The first-order chi connectivity index (χ1) is 10.2. The second-order valence-electron chi connectivity index (χ2n) is 4.17. The number of halogens is 3. The molecular weight excluding hydrogens is 312 g/mol. The van der Waals surface area contributed by atoms with Crippen molar-refractivity contribution in [1.82, 2.24) is 4.98 Å². The van der Waals surface area contributed by atoms with Crippen molar-refractivity contribution < 1.29 is 9.13 Å². The van der Waals surface area contributed by atoms with Crippen LogP contribution in [0, 0.1) is 17.7 Å². The molecule has 0 N–H and O–H groups in total. The molecule has 0 aliphatic heterocycles. The summed E-state index contributed by atoms with van der Waals surface area (Å²) in [6.45, 7) is 0.100. The van der Waals surface area contributed by atoms with Gasteiger partial charge in [0.25, 0.3) is 0 Å². The fourth-order valence-electron chi connectivity index (χ4n) is 1.58. The van der Waals surface area contributed by atoms with Crippen LogP contribution in [-0.2, 0) is 6.61 Å². The predicted molar refractivity (Wildman–Crippen MR) is 82.2 cm³/mol. The van der Waals surface area contributed by atoms with E-state index in [1.807, 2.05) is 0 Å². The molecule has 0 aliphatic rings. The predicted octanol–water partition coefficient (Wildman–Crippen LogP) is 4.43. The third-order valence-corrected chi connectivity index (χ3v) is 3.00. The van der Waals surface area contributed by atoms with Crippen LogP contribution in [0.2, 0.25) is 5.02 Å². The molecule has 1 heterocycles. The summed E-state index contributed by atoms with van der Waals surface area (Å²) in [5.74, 6) is 6.48. The van der Waals surface area contributed by atoms with E-state index in [9.17, 15) is 4.39 Å². The molecule has 1 aromatic heterocycles. The molecular formula is C16H12Cl2FNO. The van der Waals surface area contributed by atoms with Crippen molar-refractivity contribution in [1.29, 1.82) is 0 Å². The van der Waals surface area contributed by atoms with Crippen LogP contribution in [-0.4, -0.2) is 10.9 Å². The van der Waals surface area contributed by atoms with Gasteiger partial charge in [0.1, 0.15) is 18.2 Å². The van der Waals surface area contributed by atoms with Crippen molar-refractivity contribution in [3.63, 3.8) is 0 Å². The van der Waals surface area contributed by atoms with Crippen molar-refractivity contribution in [3.05, 3.63) is 58.6 Å². The highest BCUT2D eigenvalue weighted by atomic mass is 35.5. The molecule has 0 spiro atoms. The quantitative estimate of drug-likeness (QED) is 0.613. The van der Waals surface area contributed by atoms with E-state index in [0.29, 0.717) is 28.6 Å². The Morgan fingerprint density at radius 2 is 2.10 bits per heavy atom. The SMILES string of the molecule is Fc1cc(Cl)ccc1COc1cncc(C#CCCCl)c1. The lowest BCUT2D eigenvalue weighted by Gasteiger charge is -2.07. The van der Waals surface area contributed by atoms with Gasteiger partial charge < -0.3 is 4.74 Å². The maximum atomic E-state index is 13.6. The Bertz CT molecular complexity index is 679. The summed E-state index contributed by atoms with van der Waals surface area (Å²) < 4.78 is 19.1. The standard InChI is InChI=1S/C16H12Cl2FNO/c17-6-2-1-3-12-7-15(10-20-9-12)21-11-13-4-5-14(18)8-16(13)19/h4-5,7-10H,2,6,11H2. The number of alkyl halides is 1. The minimum absolute atomic E-state index is 0.100. The third kappa shape index (κ3) is 4.93. The summed E-state index contributed by atoms with van der Waals surface area (Å²) in [7, 11) is 0. The molecule has 0 saturated heterocycles. The van der Waals surface area contributed by atoms with E-state index < -0.39 is 5.82 Å². The van der Waals surface area contributed by atoms with Crippen LogP contribution in [0.15, 0.2) is 36.7 Å². The average molecular weight is 324 g/mol. The van der Waals surface area contributed by atoms with E-state index in [0.717, 1.165) is 5.56 Å². The van der Waals surface area contributed by atoms with Gasteiger partial charge in [-0.3, -0.25) is 4.98 Å². The van der Waals surface area contributed by atoms with Crippen LogP contribution in [0.5, 0.6) is 5.75 Å². The zero-order valence-electron chi connectivity index (χ0n) is 11.1. The van der Waals surface area contributed by atoms with Crippen LogP contribution >= 0.6 is 23.2 Å². The molecule has 0 fully saturated rings. The monoisotopic (exact) mass is 323 g/mol. The maximum Gasteiger partial charge on any atom is 0.139 e. The van der Waals surface area contributed by atoms with Gasteiger partial charge in [-0.2, -0.15) is 0 Å². The van der Waals surface area contributed by atoms with E-state index in [1.54, 1.807) is 30.6 Å². The molecule has 108 valence electrons. The molecule has 2 aromatic rings. The van der Waals surface area contributed by atoms with Crippen molar-refractivity contribution in [3.8, 4) is 17.6 Å². The maximum absolute atomic E-state index is 13.6. The highest BCUT2D eigenvalue weighted by molar-refractivity contribution is 6.30. The number of benzene rings is 1. The Hall–Kier alpha value is -1.76. The van der Waals surface area contributed by atoms with Gasteiger partial charge in [-0.05, 0) is 18.2 Å². The van der Waals surface area contributed by atoms with Crippen molar-refractivity contribution in [2.24, 2.45) is 0 Å². The molecule has 2 rings (SSSR count). The van der Waals surface area contributed by atoms with Crippen LogP contribution < -0.4 is 4.74 Å². The largest absolute Gasteiger partial charge is 0.487 e. The van der Waals surface area contributed by atoms with E-state index in [1.165, 1.54) is 6.07 Å². The Labute approximate surface area is 132 Å². The summed E-state index contributed by atoms with van der Waals surface area (Å²) in [5, 5.41) is 0.356. The Balaban J connectivity index is 2.03. The molecule has 0 radical (unpaired) electrons. The third-order valence-electron chi connectivity index (χ3n) is 2.57. The number of hydrogen-bond donors (Lipinski definition) is 0. The van der Waals surface area contributed by atoms with E-state index >= 15 is 0 Å². The summed E-state index contributed by atoms with van der Waals surface area (Å²) in [4.78, 5) is 4.04. The molecule has 0 aliphatic carbocycles. The fraction of sp³-hybridized carbons (Fsp3) is 0.188. The topological polar surface area (TPSA) is 22.1 Å². The van der Waals surface area contributed by atoms with E-state index in [4.69, 9.17) is 27.9 Å². The van der Waals surface area contributed by atoms with Gasteiger partial charge in [-0.25, -0.2) is 4.39 Å². The Morgan fingerprint density at radius 3 is 2.86 bits per heavy atom. The summed E-state index contributed by atoms with van der Waals surface area (Å²) in [6.07, 6.45) is 3.81. The molecule has 21 heavy (non-hydrogen) atoms. The number of nitrogens with zero attached hydrogens (tertiary/aromatic N) is 1. The molecule has 0 bridgehead atoms. The van der Waals surface area contributed by atoms with Crippen molar-refractivity contribution in [2.45, 2.75) is 13.0 Å². The fourth-order valence-corrected chi connectivity index (χ4v) is 1.83. The minimum atomic E-state index is -0.395. The minimum Gasteiger partial charge on any atom is -0.487 e. The van der Waals surface area contributed by atoms with Gasteiger partial charge in [-0.1, -0.05) is 29.5 Å². The lowest BCUT2D eigenvalue weighted by atomic mass is 10.2. The molecule has 0 atom stereocenters.